The molecule has 2 amide bonds. The Balaban J connectivity index is 1.63. The van der Waals surface area contributed by atoms with Gasteiger partial charge in [-0.1, -0.05) is 13.8 Å². The molecule has 5 nitrogen and oxygen atoms in total. The van der Waals surface area contributed by atoms with Gasteiger partial charge >= 0.3 is 6.03 Å². The minimum atomic E-state index is -0.0910. The third-order valence-corrected chi connectivity index (χ3v) is 5.36. The Morgan fingerprint density at radius 1 is 1.41 bits per heavy atom. The van der Waals surface area contributed by atoms with E-state index in [-0.39, 0.29) is 18.7 Å². The van der Waals surface area contributed by atoms with Crippen LogP contribution in [0.25, 0.3) is 0 Å². The zero-order valence-corrected chi connectivity index (χ0v) is 14.3. The van der Waals surface area contributed by atoms with Gasteiger partial charge in [-0.25, -0.2) is 9.78 Å². The molecule has 3 N–H and O–H groups in total. The summed E-state index contributed by atoms with van der Waals surface area (Å²) in [5.74, 6) is 0.880. The number of hydrogen-bond acceptors (Lipinski definition) is 4. The Morgan fingerprint density at radius 2 is 2.14 bits per heavy atom. The average Bonchev–Trinajstić information content (AvgIpc) is 2.97. The molecule has 1 saturated carbocycles. The van der Waals surface area contributed by atoms with Gasteiger partial charge in [0.25, 0.3) is 0 Å². The standard InChI is InChI=1S/C16H27N3O2S/c1-11(2)15-18-14(10-22-15)7-8-17-16(21)19-13-5-3-12(9-20)4-6-13/h10-13,20H,3-9H2,1-2H3,(H2,17,19,21). The highest BCUT2D eigenvalue weighted by Gasteiger charge is 2.21. The van der Waals surface area contributed by atoms with Gasteiger partial charge in [-0.2, -0.15) is 0 Å². The van der Waals surface area contributed by atoms with Gasteiger partial charge < -0.3 is 15.7 Å². The zero-order chi connectivity index (χ0) is 15.9. The molecular weight excluding hydrogens is 298 g/mol. The topological polar surface area (TPSA) is 74.2 Å². The van der Waals surface area contributed by atoms with Gasteiger partial charge in [0, 0.05) is 36.9 Å². The quantitative estimate of drug-likeness (QED) is 0.753. The van der Waals surface area contributed by atoms with Crippen molar-refractivity contribution in [2.75, 3.05) is 13.2 Å². The molecule has 1 aromatic heterocycles. The lowest BCUT2D eigenvalue weighted by molar-refractivity contribution is 0.174. The highest BCUT2D eigenvalue weighted by atomic mass is 32.1. The normalized spacial score (nSPS) is 21.8. The van der Waals surface area contributed by atoms with Crippen LogP contribution in [0.15, 0.2) is 5.38 Å². The van der Waals surface area contributed by atoms with Crippen molar-refractivity contribution in [3.63, 3.8) is 0 Å². The molecular formula is C16H27N3O2S. The SMILES string of the molecule is CC(C)c1nc(CCNC(=O)NC2CCC(CO)CC2)cs1. The molecule has 1 aromatic rings. The van der Waals surface area contributed by atoms with Crippen LogP contribution < -0.4 is 10.6 Å². The van der Waals surface area contributed by atoms with E-state index in [4.69, 9.17) is 5.11 Å². The summed E-state index contributed by atoms with van der Waals surface area (Å²) in [4.78, 5) is 16.4. The first-order valence-corrected chi connectivity index (χ1v) is 9.06. The Kier molecular flexibility index (Phi) is 6.64. The molecule has 1 aliphatic carbocycles. The van der Waals surface area contributed by atoms with Gasteiger partial charge in [-0.15, -0.1) is 11.3 Å². The van der Waals surface area contributed by atoms with Crippen LogP contribution in [0.1, 0.15) is 56.2 Å². The lowest BCUT2D eigenvalue weighted by Gasteiger charge is -2.27. The van der Waals surface area contributed by atoms with Gasteiger partial charge in [0.1, 0.15) is 0 Å². The number of nitrogens with zero attached hydrogens (tertiary/aromatic N) is 1. The molecule has 0 aliphatic heterocycles. The predicted molar refractivity (Wildman–Crippen MR) is 89.3 cm³/mol. The maximum absolute atomic E-state index is 11.9. The van der Waals surface area contributed by atoms with Gasteiger partial charge in [0.15, 0.2) is 0 Å². The Morgan fingerprint density at radius 3 is 2.73 bits per heavy atom. The minimum absolute atomic E-state index is 0.0910. The third kappa shape index (κ3) is 5.25. The van der Waals surface area contributed by atoms with Crippen LogP contribution in [-0.2, 0) is 6.42 Å². The van der Waals surface area contributed by atoms with Gasteiger partial charge in [-0.3, -0.25) is 0 Å². The van der Waals surface area contributed by atoms with E-state index < -0.39 is 0 Å². The van der Waals surface area contributed by atoms with Crippen LogP contribution in [0.2, 0.25) is 0 Å². The summed E-state index contributed by atoms with van der Waals surface area (Å²) in [6.45, 7) is 5.16. The summed E-state index contributed by atoms with van der Waals surface area (Å²) in [5, 5.41) is 18.3. The van der Waals surface area contributed by atoms with E-state index in [1.807, 2.05) is 0 Å². The number of aliphatic hydroxyl groups excluding tert-OH is 1. The van der Waals surface area contributed by atoms with Crippen molar-refractivity contribution in [3.05, 3.63) is 16.1 Å². The van der Waals surface area contributed by atoms with Crippen LogP contribution >= 0.6 is 11.3 Å². The molecule has 0 aromatic carbocycles. The van der Waals surface area contributed by atoms with E-state index in [2.05, 4.69) is 34.8 Å². The second-order valence-electron chi connectivity index (χ2n) is 6.38. The number of rotatable bonds is 6. The third-order valence-electron chi connectivity index (χ3n) is 4.17. The molecule has 1 aliphatic rings. The lowest BCUT2D eigenvalue weighted by atomic mass is 9.87. The summed E-state index contributed by atoms with van der Waals surface area (Å²) < 4.78 is 0. The lowest BCUT2D eigenvalue weighted by Crippen LogP contribution is -2.44. The smallest absolute Gasteiger partial charge is 0.315 e. The summed E-state index contributed by atoms with van der Waals surface area (Å²) in [5.41, 5.74) is 1.05. The number of aliphatic hydroxyl groups is 1. The predicted octanol–water partition coefficient (Wildman–Crippen LogP) is 2.66. The first kappa shape index (κ1) is 17.2. The molecule has 1 fully saturated rings. The first-order chi connectivity index (χ1) is 10.6. The number of carbonyl (C=O) groups excluding carboxylic acids is 1. The fourth-order valence-corrected chi connectivity index (χ4v) is 3.60. The van der Waals surface area contributed by atoms with E-state index in [0.29, 0.717) is 18.4 Å². The molecule has 0 saturated heterocycles. The second-order valence-corrected chi connectivity index (χ2v) is 7.27. The molecule has 6 heteroatoms. The van der Waals surface area contributed by atoms with Crippen molar-refractivity contribution >= 4 is 17.4 Å². The average molecular weight is 325 g/mol. The van der Waals surface area contributed by atoms with Crippen molar-refractivity contribution < 1.29 is 9.90 Å². The largest absolute Gasteiger partial charge is 0.396 e. The Bertz CT molecular complexity index is 468. The molecule has 0 atom stereocenters. The first-order valence-electron chi connectivity index (χ1n) is 8.18. The fraction of sp³-hybridized carbons (Fsp3) is 0.750. The number of thiazole rings is 1. The second kappa shape index (κ2) is 8.48. The van der Waals surface area contributed by atoms with Crippen LogP contribution in [0.3, 0.4) is 0 Å². The van der Waals surface area contributed by atoms with Crippen molar-refractivity contribution in [2.24, 2.45) is 5.92 Å². The highest BCUT2D eigenvalue weighted by Crippen LogP contribution is 2.23. The number of amides is 2. The number of hydrogen-bond donors (Lipinski definition) is 3. The van der Waals surface area contributed by atoms with Gasteiger partial charge in [-0.05, 0) is 31.6 Å². The maximum Gasteiger partial charge on any atom is 0.315 e. The Labute approximate surface area is 136 Å². The highest BCUT2D eigenvalue weighted by molar-refractivity contribution is 7.09. The molecule has 124 valence electrons. The number of nitrogens with one attached hydrogen (secondary N) is 2. The summed E-state index contributed by atoms with van der Waals surface area (Å²) in [7, 11) is 0. The molecule has 2 rings (SSSR count). The molecule has 0 spiro atoms. The number of urea groups is 1. The number of aromatic nitrogens is 1. The van der Waals surface area contributed by atoms with E-state index in [1.165, 1.54) is 0 Å². The van der Waals surface area contributed by atoms with Crippen molar-refractivity contribution in [2.45, 2.75) is 57.9 Å². The van der Waals surface area contributed by atoms with E-state index in [1.54, 1.807) is 11.3 Å². The van der Waals surface area contributed by atoms with Crippen LogP contribution in [0.4, 0.5) is 4.79 Å². The molecule has 0 bridgehead atoms. The molecule has 0 unspecified atom stereocenters. The van der Waals surface area contributed by atoms with Gasteiger partial charge in [0.2, 0.25) is 0 Å². The van der Waals surface area contributed by atoms with Gasteiger partial charge in [0.05, 0.1) is 10.7 Å². The molecule has 1 heterocycles. The summed E-state index contributed by atoms with van der Waals surface area (Å²) in [6.07, 6.45) is 4.69. The molecule has 0 radical (unpaired) electrons. The van der Waals surface area contributed by atoms with Crippen LogP contribution in [0.5, 0.6) is 0 Å². The fourth-order valence-electron chi connectivity index (χ4n) is 2.73. The van der Waals surface area contributed by atoms with Crippen LogP contribution in [-0.4, -0.2) is 35.3 Å². The summed E-state index contributed by atoms with van der Waals surface area (Å²) >= 11 is 1.69. The van der Waals surface area contributed by atoms with Crippen LogP contribution in [0, 0.1) is 5.92 Å². The van der Waals surface area contributed by atoms with Crippen molar-refractivity contribution in [3.8, 4) is 0 Å². The van der Waals surface area contributed by atoms with Crippen molar-refractivity contribution in [1.82, 2.24) is 15.6 Å². The zero-order valence-electron chi connectivity index (χ0n) is 13.5. The number of carbonyl (C=O) groups is 1. The van der Waals surface area contributed by atoms with E-state index in [0.717, 1.165) is 42.8 Å². The maximum atomic E-state index is 11.9. The monoisotopic (exact) mass is 325 g/mol. The van der Waals surface area contributed by atoms with E-state index >= 15 is 0 Å². The Hall–Kier alpha value is -1.14. The van der Waals surface area contributed by atoms with E-state index in [9.17, 15) is 4.79 Å². The minimum Gasteiger partial charge on any atom is -0.396 e. The summed E-state index contributed by atoms with van der Waals surface area (Å²) in [6, 6.07) is 0.154. The molecule has 22 heavy (non-hydrogen) atoms. The van der Waals surface area contributed by atoms with Crippen molar-refractivity contribution in [1.29, 1.82) is 0 Å².